The molecule has 0 bridgehead atoms. The van der Waals surface area contributed by atoms with Crippen LogP contribution in [0.3, 0.4) is 0 Å². The number of hydrogen-bond donors (Lipinski definition) is 0. The van der Waals surface area contributed by atoms with Gasteiger partial charge < -0.3 is 14.7 Å². The van der Waals surface area contributed by atoms with Crippen LogP contribution in [0.5, 0.6) is 0 Å². The van der Waals surface area contributed by atoms with E-state index >= 15 is 0 Å². The normalized spacial score (nSPS) is 14.0. The Kier molecular flexibility index (Phi) is 5.70. The van der Waals surface area contributed by atoms with Crippen molar-refractivity contribution in [3.8, 4) is 0 Å². The van der Waals surface area contributed by atoms with Gasteiger partial charge in [-0.2, -0.15) is 0 Å². The highest BCUT2D eigenvalue weighted by atomic mass is 16.2. The summed E-state index contributed by atoms with van der Waals surface area (Å²) in [5, 5.41) is 0. The number of piperazine rings is 1. The molecule has 148 valence electrons. The fourth-order valence-corrected chi connectivity index (χ4v) is 3.64. The van der Waals surface area contributed by atoms with Crippen LogP contribution in [0.15, 0.2) is 73.1 Å². The molecule has 1 amide bonds. The van der Waals surface area contributed by atoms with Gasteiger partial charge in [-0.05, 0) is 43.3 Å². The molecular formula is C23H25N5O. The summed E-state index contributed by atoms with van der Waals surface area (Å²) in [4.78, 5) is 28.0. The minimum atomic E-state index is -0.0139. The van der Waals surface area contributed by atoms with Crippen LogP contribution in [-0.2, 0) is 0 Å². The smallest absolute Gasteiger partial charge is 0.272 e. The molecule has 1 aliphatic heterocycles. The van der Waals surface area contributed by atoms with Gasteiger partial charge in [-0.3, -0.25) is 4.79 Å². The summed E-state index contributed by atoms with van der Waals surface area (Å²) in [6.45, 7) is 5.83. The van der Waals surface area contributed by atoms with E-state index in [0.717, 1.165) is 36.8 Å². The molecule has 1 aromatic carbocycles. The molecule has 0 atom stereocenters. The first-order valence-electron chi connectivity index (χ1n) is 10.00. The van der Waals surface area contributed by atoms with Crippen LogP contribution < -0.4 is 9.80 Å². The summed E-state index contributed by atoms with van der Waals surface area (Å²) in [6.07, 6.45) is 3.58. The highest BCUT2D eigenvalue weighted by Gasteiger charge is 2.23. The molecule has 6 heteroatoms. The molecule has 1 aliphatic rings. The summed E-state index contributed by atoms with van der Waals surface area (Å²) >= 11 is 0. The Morgan fingerprint density at radius 1 is 0.897 bits per heavy atom. The Bertz CT molecular complexity index is 923. The van der Waals surface area contributed by atoms with Crippen molar-refractivity contribution in [2.24, 2.45) is 0 Å². The monoisotopic (exact) mass is 387 g/mol. The van der Waals surface area contributed by atoms with Crippen molar-refractivity contribution < 1.29 is 4.79 Å². The quantitative estimate of drug-likeness (QED) is 0.670. The first-order chi connectivity index (χ1) is 14.3. The summed E-state index contributed by atoms with van der Waals surface area (Å²) in [6, 6.07) is 19.9. The molecule has 1 fully saturated rings. The lowest BCUT2D eigenvalue weighted by atomic mass is 10.2. The standard InChI is InChI=1S/C23H25N5O/c1-2-28(19-8-4-3-5-9-19)20-11-12-21(25-18-20)23(29)27-16-14-26(15-17-27)22-10-6-7-13-24-22/h3-13,18H,2,14-17H2,1H3. The zero-order valence-corrected chi connectivity index (χ0v) is 16.6. The lowest BCUT2D eigenvalue weighted by molar-refractivity contribution is 0.0740. The molecule has 29 heavy (non-hydrogen) atoms. The third-order valence-electron chi connectivity index (χ3n) is 5.20. The van der Waals surface area contributed by atoms with Crippen molar-refractivity contribution in [1.29, 1.82) is 0 Å². The highest BCUT2D eigenvalue weighted by molar-refractivity contribution is 5.92. The molecule has 3 aromatic rings. The molecule has 4 rings (SSSR count). The largest absolute Gasteiger partial charge is 0.353 e. The van der Waals surface area contributed by atoms with Gasteiger partial charge in [0.05, 0.1) is 11.9 Å². The fourth-order valence-electron chi connectivity index (χ4n) is 3.64. The molecule has 0 saturated carbocycles. The van der Waals surface area contributed by atoms with Crippen LogP contribution in [-0.4, -0.2) is 53.5 Å². The first-order valence-corrected chi connectivity index (χ1v) is 10.00. The van der Waals surface area contributed by atoms with Crippen molar-refractivity contribution in [3.05, 3.63) is 78.8 Å². The number of carbonyl (C=O) groups excluding carboxylic acids is 1. The van der Waals surface area contributed by atoms with Crippen LogP contribution in [0, 0.1) is 0 Å². The van der Waals surface area contributed by atoms with E-state index in [0.29, 0.717) is 18.8 Å². The van der Waals surface area contributed by atoms with E-state index in [1.165, 1.54) is 0 Å². The van der Waals surface area contributed by atoms with E-state index in [2.05, 4.69) is 38.8 Å². The second-order valence-corrected chi connectivity index (χ2v) is 6.95. The van der Waals surface area contributed by atoms with E-state index in [-0.39, 0.29) is 5.91 Å². The Balaban J connectivity index is 1.41. The fraction of sp³-hybridized carbons (Fsp3) is 0.261. The molecular weight excluding hydrogens is 362 g/mol. The molecule has 3 heterocycles. The van der Waals surface area contributed by atoms with Gasteiger partial charge in [0, 0.05) is 44.6 Å². The zero-order valence-electron chi connectivity index (χ0n) is 16.6. The van der Waals surface area contributed by atoms with Crippen LogP contribution in [0.1, 0.15) is 17.4 Å². The number of anilines is 3. The van der Waals surface area contributed by atoms with E-state index < -0.39 is 0 Å². The SMILES string of the molecule is CCN(c1ccccc1)c1ccc(C(=O)N2CCN(c3ccccn3)CC2)nc1. The molecule has 0 spiro atoms. The van der Waals surface area contributed by atoms with Gasteiger partial charge in [-0.15, -0.1) is 0 Å². The number of benzene rings is 1. The third kappa shape index (κ3) is 4.21. The maximum absolute atomic E-state index is 12.9. The van der Waals surface area contributed by atoms with Crippen molar-refractivity contribution in [2.45, 2.75) is 6.92 Å². The molecule has 1 saturated heterocycles. The van der Waals surface area contributed by atoms with E-state index in [9.17, 15) is 4.79 Å². The van der Waals surface area contributed by atoms with Crippen molar-refractivity contribution in [2.75, 3.05) is 42.5 Å². The number of para-hydroxylation sites is 1. The molecule has 0 radical (unpaired) electrons. The van der Waals surface area contributed by atoms with E-state index in [1.54, 1.807) is 12.4 Å². The highest BCUT2D eigenvalue weighted by Crippen LogP contribution is 2.24. The van der Waals surface area contributed by atoms with Crippen molar-refractivity contribution >= 4 is 23.1 Å². The van der Waals surface area contributed by atoms with Crippen LogP contribution in [0.4, 0.5) is 17.2 Å². The number of carbonyl (C=O) groups is 1. The minimum absolute atomic E-state index is 0.0139. The summed E-state index contributed by atoms with van der Waals surface area (Å²) < 4.78 is 0. The number of pyridine rings is 2. The predicted octanol–water partition coefficient (Wildman–Crippen LogP) is 3.60. The van der Waals surface area contributed by atoms with Crippen molar-refractivity contribution in [1.82, 2.24) is 14.9 Å². The van der Waals surface area contributed by atoms with Crippen LogP contribution >= 0.6 is 0 Å². The second kappa shape index (κ2) is 8.73. The van der Waals surface area contributed by atoms with E-state index in [4.69, 9.17) is 0 Å². The summed E-state index contributed by atoms with van der Waals surface area (Å²) in [5.41, 5.74) is 2.58. The zero-order chi connectivity index (χ0) is 20.1. The maximum atomic E-state index is 12.9. The Labute approximate surface area is 171 Å². The third-order valence-corrected chi connectivity index (χ3v) is 5.20. The average molecular weight is 387 g/mol. The number of nitrogens with zero attached hydrogens (tertiary/aromatic N) is 5. The Morgan fingerprint density at radius 2 is 1.66 bits per heavy atom. The minimum Gasteiger partial charge on any atom is -0.353 e. The van der Waals surface area contributed by atoms with Gasteiger partial charge in [0.1, 0.15) is 11.5 Å². The lowest BCUT2D eigenvalue weighted by Crippen LogP contribution is -2.49. The average Bonchev–Trinajstić information content (AvgIpc) is 2.81. The predicted molar refractivity (Wildman–Crippen MR) is 116 cm³/mol. The number of hydrogen-bond acceptors (Lipinski definition) is 5. The Morgan fingerprint density at radius 3 is 2.28 bits per heavy atom. The second-order valence-electron chi connectivity index (χ2n) is 6.95. The first kappa shape index (κ1) is 18.9. The Hall–Kier alpha value is -3.41. The molecule has 6 nitrogen and oxygen atoms in total. The number of aromatic nitrogens is 2. The molecule has 0 unspecified atom stereocenters. The topological polar surface area (TPSA) is 52.6 Å². The molecule has 0 N–H and O–H groups in total. The number of amides is 1. The maximum Gasteiger partial charge on any atom is 0.272 e. The molecule has 0 aliphatic carbocycles. The van der Waals surface area contributed by atoms with Crippen LogP contribution in [0.25, 0.3) is 0 Å². The van der Waals surface area contributed by atoms with Crippen LogP contribution in [0.2, 0.25) is 0 Å². The van der Waals surface area contributed by atoms with Gasteiger partial charge in [0.25, 0.3) is 5.91 Å². The summed E-state index contributed by atoms with van der Waals surface area (Å²) in [7, 11) is 0. The van der Waals surface area contributed by atoms with E-state index in [1.807, 2.05) is 53.4 Å². The lowest BCUT2D eigenvalue weighted by Gasteiger charge is -2.35. The van der Waals surface area contributed by atoms with Gasteiger partial charge in [0.15, 0.2) is 0 Å². The van der Waals surface area contributed by atoms with Gasteiger partial charge in [-0.25, -0.2) is 9.97 Å². The summed E-state index contributed by atoms with van der Waals surface area (Å²) in [5.74, 6) is 0.947. The van der Waals surface area contributed by atoms with Gasteiger partial charge in [0.2, 0.25) is 0 Å². The molecule has 2 aromatic heterocycles. The van der Waals surface area contributed by atoms with Gasteiger partial charge in [-0.1, -0.05) is 24.3 Å². The van der Waals surface area contributed by atoms with Gasteiger partial charge >= 0.3 is 0 Å². The number of rotatable bonds is 5. The van der Waals surface area contributed by atoms with Crippen molar-refractivity contribution in [3.63, 3.8) is 0 Å².